The van der Waals surface area contributed by atoms with E-state index >= 15 is 0 Å². The third-order valence-electron chi connectivity index (χ3n) is 5.30. The summed E-state index contributed by atoms with van der Waals surface area (Å²) in [6.07, 6.45) is 0. The topological polar surface area (TPSA) is 125 Å². The molecule has 0 saturated heterocycles. The molecule has 0 fully saturated rings. The molecular formula is C30H35N3O4. The summed E-state index contributed by atoms with van der Waals surface area (Å²) < 4.78 is 0.949. The summed E-state index contributed by atoms with van der Waals surface area (Å²) in [6, 6.07) is 14.6. The van der Waals surface area contributed by atoms with Gasteiger partial charge < -0.3 is 11.5 Å². The summed E-state index contributed by atoms with van der Waals surface area (Å²) in [7, 11) is 0. The highest BCUT2D eigenvalue weighted by molar-refractivity contribution is 6.20. The number of rotatable bonds is 1. The first kappa shape index (κ1) is 29.0. The molecule has 0 aliphatic carbocycles. The lowest BCUT2D eigenvalue weighted by atomic mass is 9.97. The first-order valence-corrected chi connectivity index (χ1v) is 12.5. The largest absolute Gasteiger partial charge is 0.397 e. The van der Waals surface area contributed by atoms with Crippen LogP contribution >= 0.6 is 0 Å². The predicted molar refractivity (Wildman–Crippen MR) is 158 cm³/mol. The quantitative estimate of drug-likeness (QED) is 0.186. The summed E-state index contributed by atoms with van der Waals surface area (Å²) in [4.78, 5) is 52.3. The van der Waals surface area contributed by atoms with Crippen molar-refractivity contribution < 1.29 is 0 Å². The smallest absolute Gasteiger partial charge is 0.268 e. The summed E-state index contributed by atoms with van der Waals surface area (Å²) in [5.41, 5.74) is 9.99. The highest BCUT2D eigenvalue weighted by atomic mass is 16.2. The van der Waals surface area contributed by atoms with Crippen LogP contribution in [-0.4, -0.2) is 4.57 Å². The van der Waals surface area contributed by atoms with Crippen LogP contribution in [0.5, 0.6) is 0 Å². The second kappa shape index (κ2) is 12.1. The predicted octanol–water partition coefficient (Wildman–Crippen LogP) is 5.13. The maximum atomic E-state index is 13.1. The number of nitrogens with two attached hydrogens (primary N) is 2. The van der Waals surface area contributed by atoms with Gasteiger partial charge in [-0.3, -0.25) is 19.2 Å². The van der Waals surface area contributed by atoms with Crippen molar-refractivity contribution in [1.82, 2.24) is 4.57 Å². The van der Waals surface area contributed by atoms with Crippen LogP contribution in [0.2, 0.25) is 0 Å². The highest BCUT2D eigenvalue weighted by Crippen LogP contribution is 2.31. The number of nitrogen functional groups attached to an aromatic ring is 2. The van der Waals surface area contributed by atoms with Crippen LogP contribution in [0.15, 0.2) is 73.8 Å². The number of hydrogen-bond acceptors (Lipinski definition) is 6. The molecule has 5 rings (SSSR count). The van der Waals surface area contributed by atoms with E-state index in [1.807, 2.05) is 27.7 Å². The van der Waals surface area contributed by atoms with Crippen molar-refractivity contribution in [2.45, 2.75) is 48.5 Å². The molecule has 5 aromatic rings. The Morgan fingerprint density at radius 2 is 0.892 bits per heavy atom. The van der Waals surface area contributed by atoms with Gasteiger partial charge in [-0.15, -0.1) is 0 Å². The number of anilines is 2. The maximum absolute atomic E-state index is 13.1. The van der Waals surface area contributed by atoms with Crippen LogP contribution in [0.25, 0.3) is 38.0 Å². The molecule has 1 heterocycles. The molecule has 0 saturated carbocycles. The van der Waals surface area contributed by atoms with E-state index in [0.29, 0.717) is 5.69 Å². The van der Waals surface area contributed by atoms with E-state index in [2.05, 4.69) is 20.8 Å². The van der Waals surface area contributed by atoms with Crippen LogP contribution in [-0.2, 0) is 0 Å². The van der Waals surface area contributed by atoms with Gasteiger partial charge in [0, 0.05) is 10.8 Å². The van der Waals surface area contributed by atoms with Gasteiger partial charge in [0.2, 0.25) is 0 Å². The van der Waals surface area contributed by atoms with Crippen molar-refractivity contribution in [3.8, 4) is 5.69 Å². The molecule has 0 amide bonds. The minimum atomic E-state index is -0.678. The lowest BCUT2D eigenvalue weighted by Gasteiger charge is -2.07. The first-order chi connectivity index (χ1) is 17.7. The lowest BCUT2D eigenvalue weighted by Crippen LogP contribution is -2.23. The average molecular weight is 502 g/mol. The van der Waals surface area contributed by atoms with Gasteiger partial charge in [0.05, 0.1) is 38.6 Å². The van der Waals surface area contributed by atoms with Gasteiger partial charge in [-0.2, -0.15) is 0 Å². The van der Waals surface area contributed by atoms with Crippen molar-refractivity contribution in [1.29, 1.82) is 0 Å². The molecular weight excluding hydrogens is 466 g/mol. The molecule has 194 valence electrons. The third-order valence-corrected chi connectivity index (χ3v) is 5.30. The second-order valence-corrected chi connectivity index (χ2v) is 8.54. The molecule has 0 unspecified atom stereocenters. The summed E-state index contributed by atoms with van der Waals surface area (Å²) in [5.74, 6) is 0.833. The van der Waals surface area contributed by atoms with E-state index in [9.17, 15) is 19.2 Å². The van der Waals surface area contributed by atoms with E-state index < -0.39 is 22.0 Å². The van der Waals surface area contributed by atoms with Gasteiger partial charge in [0.15, 0.2) is 10.9 Å². The highest BCUT2D eigenvalue weighted by Gasteiger charge is 2.25. The van der Waals surface area contributed by atoms with Gasteiger partial charge in [-0.05, 0) is 18.1 Å². The minimum absolute atomic E-state index is 0.124. The van der Waals surface area contributed by atoms with Crippen LogP contribution in [0.3, 0.4) is 0 Å². The van der Waals surface area contributed by atoms with E-state index in [1.165, 1.54) is 12.1 Å². The fourth-order valence-electron chi connectivity index (χ4n) is 3.98. The lowest BCUT2D eigenvalue weighted by molar-refractivity contribution is 0.737. The Balaban J connectivity index is 0.000000541. The fraction of sp³-hybridized carbons (Fsp3) is 0.267. The SMILES string of the molecule is CC.CC.CC(C)C.Nc1c2c(=O)c3ccccc3c(=O)c2c(N)c2c(=O)n(-c3ccccc3)c(=O)c12. The number of nitrogens with zero attached hydrogens (tertiary/aromatic N) is 1. The zero-order chi connectivity index (χ0) is 28.0. The molecule has 4 aromatic carbocycles. The van der Waals surface area contributed by atoms with E-state index in [-0.39, 0.29) is 43.7 Å². The zero-order valence-electron chi connectivity index (χ0n) is 22.5. The maximum Gasteiger partial charge on any atom is 0.268 e. The van der Waals surface area contributed by atoms with Crippen LogP contribution in [0.1, 0.15) is 48.5 Å². The molecule has 4 N–H and O–H groups in total. The number of fused-ring (bicyclic) bond motifs is 3. The average Bonchev–Trinajstić information content (AvgIpc) is 3.17. The van der Waals surface area contributed by atoms with Crippen molar-refractivity contribution in [3.05, 3.63) is 95.8 Å². The van der Waals surface area contributed by atoms with Crippen molar-refractivity contribution >= 4 is 43.7 Å². The van der Waals surface area contributed by atoms with Crippen molar-refractivity contribution in [2.24, 2.45) is 5.92 Å². The number of aromatic nitrogens is 1. The monoisotopic (exact) mass is 501 g/mol. The van der Waals surface area contributed by atoms with Gasteiger partial charge in [0.1, 0.15) is 0 Å². The molecule has 7 nitrogen and oxygen atoms in total. The zero-order valence-corrected chi connectivity index (χ0v) is 22.5. The Bertz CT molecular complexity index is 1640. The van der Waals surface area contributed by atoms with Gasteiger partial charge in [-0.25, -0.2) is 4.57 Å². The number of benzene rings is 4. The summed E-state index contributed by atoms with van der Waals surface area (Å²) >= 11 is 0. The van der Waals surface area contributed by atoms with Crippen LogP contribution < -0.4 is 33.4 Å². The number of hydrogen-bond donors (Lipinski definition) is 2. The van der Waals surface area contributed by atoms with Gasteiger partial charge >= 0.3 is 0 Å². The molecule has 7 heteroatoms. The Labute approximate surface area is 215 Å². The van der Waals surface area contributed by atoms with E-state index in [4.69, 9.17) is 11.5 Å². The van der Waals surface area contributed by atoms with E-state index in [0.717, 1.165) is 10.5 Å². The first-order valence-electron chi connectivity index (χ1n) is 12.5. The normalized spacial score (nSPS) is 10.4. The molecule has 0 spiro atoms. The Morgan fingerprint density at radius 3 is 1.24 bits per heavy atom. The Hall–Kier alpha value is -4.26. The second-order valence-electron chi connectivity index (χ2n) is 8.54. The van der Waals surface area contributed by atoms with Crippen molar-refractivity contribution in [2.75, 3.05) is 11.5 Å². The molecule has 0 radical (unpaired) electrons. The number of para-hydroxylation sites is 1. The van der Waals surface area contributed by atoms with Gasteiger partial charge in [0.25, 0.3) is 11.1 Å². The Kier molecular flexibility index (Phi) is 9.49. The third kappa shape index (κ3) is 5.03. The molecule has 0 bridgehead atoms. The van der Waals surface area contributed by atoms with E-state index in [1.54, 1.807) is 42.5 Å². The molecule has 0 atom stereocenters. The molecule has 0 aliphatic heterocycles. The summed E-state index contributed by atoms with van der Waals surface area (Å²) in [5, 5.41) is -0.159. The molecule has 37 heavy (non-hydrogen) atoms. The van der Waals surface area contributed by atoms with Crippen LogP contribution in [0, 0.1) is 5.92 Å². The van der Waals surface area contributed by atoms with Crippen molar-refractivity contribution in [3.63, 3.8) is 0 Å². The Morgan fingerprint density at radius 1 is 0.568 bits per heavy atom. The van der Waals surface area contributed by atoms with Crippen LogP contribution in [0.4, 0.5) is 11.4 Å². The minimum Gasteiger partial charge on any atom is -0.397 e. The standard InChI is InChI=1S/C22H13N3O4.C4H10.2C2H6/c23-17-13-14(20(27)12-9-5-4-8-11(12)19(13)26)18(24)16-15(17)21(28)25(22(16)29)10-6-2-1-3-7-10;1-4(2)3;2*1-2/h1-9H,23-24H2;4H,1-3H3;2*1-2H3. The molecule has 0 aliphatic rings. The fourth-order valence-corrected chi connectivity index (χ4v) is 3.98. The summed E-state index contributed by atoms with van der Waals surface area (Å²) in [6.45, 7) is 14.5. The van der Waals surface area contributed by atoms with Gasteiger partial charge in [-0.1, -0.05) is 90.9 Å². The molecule has 1 aromatic heterocycles.